The van der Waals surface area contributed by atoms with Crippen LogP contribution in [0.4, 0.5) is 0 Å². The number of fused-ring (bicyclic) bond motifs is 1. The lowest BCUT2D eigenvalue weighted by Gasteiger charge is -2.36. The van der Waals surface area contributed by atoms with Gasteiger partial charge in [-0.3, -0.25) is 19.5 Å². The van der Waals surface area contributed by atoms with Crippen molar-refractivity contribution in [1.82, 2.24) is 24.4 Å². The fourth-order valence-corrected chi connectivity index (χ4v) is 4.20. The summed E-state index contributed by atoms with van der Waals surface area (Å²) in [6.45, 7) is 3.98. The number of carbonyl (C=O) groups is 2. The van der Waals surface area contributed by atoms with Gasteiger partial charge < -0.3 is 9.80 Å². The first-order chi connectivity index (χ1) is 13.0. The van der Waals surface area contributed by atoms with Crippen molar-refractivity contribution < 1.29 is 9.59 Å². The summed E-state index contributed by atoms with van der Waals surface area (Å²) in [4.78, 5) is 45.7. The molecule has 2 aromatic heterocycles. The average Bonchev–Trinajstić information content (AvgIpc) is 3.25. The van der Waals surface area contributed by atoms with Gasteiger partial charge in [-0.25, -0.2) is 9.50 Å². The summed E-state index contributed by atoms with van der Waals surface area (Å²) < 4.78 is 1.32. The van der Waals surface area contributed by atoms with E-state index >= 15 is 0 Å². The number of hydrogen-bond acceptors (Lipinski definition) is 4. The van der Waals surface area contributed by atoms with Gasteiger partial charge in [-0.05, 0) is 39.0 Å². The van der Waals surface area contributed by atoms with E-state index in [0.717, 1.165) is 44.3 Å². The van der Waals surface area contributed by atoms with Gasteiger partial charge in [0, 0.05) is 50.1 Å². The molecule has 8 nitrogen and oxygen atoms in total. The molecule has 2 aliphatic rings. The molecule has 2 saturated heterocycles. The Kier molecular flexibility index (Phi) is 4.72. The predicted octanol–water partition coefficient (Wildman–Crippen LogP) is 1.34. The molecule has 0 spiro atoms. The Hall–Kier alpha value is -2.64. The molecule has 27 heavy (non-hydrogen) atoms. The highest BCUT2D eigenvalue weighted by molar-refractivity contribution is 5.94. The van der Waals surface area contributed by atoms with Gasteiger partial charge in [-0.2, -0.15) is 0 Å². The monoisotopic (exact) mass is 371 g/mol. The number of carbonyl (C=O) groups excluding carboxylic acids is 2. The molecule has 1 N–H and O–H groups in total. The molecule has 0 bridgehead atoms. The lowest BCUT2D eigenvalue weighted by molar-refractivity contribution is -0.127. The average molecular weight is 371 g/mol. The molecular formula is C19H25N5O3. The molecular weight excluding hydrogens is 346 g/mol. The number of aryl methyl sites for hydroxylation is 1. The highest BCUT2D eigenvalue weighted by Gasteiger charge is 2.30. The van der Waals surface area contributed by atoms with Gasteiger partial charge in [0.25, 0.3) is 11.5 Å². The van der Waals surface area contributed by atoms with Crippen molar-refractivity contribution in [3.05, 3.63) is 33.9 Å². The third-order valence-corrected chi connectivity index (χ3v) is 5.64. The minimum atomic E-state index is -0.364. The van der Waals surface area contributed by atoms with E-state index in [1.807, 2.05) is 16.7 Å². The van der Waals surface area contributed by atoms with Crippen LogP contribution >= 0.6 is 0 Å². The first-order valence-electron chi connectivity index (χ1n) is 9.71. The van der Waals surface area contributed by atoms with Crippen LogP contribution in [0.15, 0.2) is 17.1 Å². The Labute approximate surface area is 157 Å². The maximum Gasteiger partial charge on any atom is 0.285 e. The first-order valence-corrected chi connectivity index (χ1v) is 9.71. The summed E-state index contributed by atoms with van der Waals surface area (Å²) in [5.74, 6) is -0.0506. The number of amides is 2. The van der Waals surface area contributed by atoms with Crippen molar-refractivity contribution in [2.45, 2.75) is 51.5 Å². The molecule has 8 heteroatoms. The van der Waals surface area contributed by atoms with Crippen molar-refractivity contribution in [1.29, 1.82) is 0 Å². The first kappa shape index (κ1) is 17.8. The van der Waals surface area contributed by atoms with Crippen molar-refractivity contribution in [3.8, 4) is 0 Å². The lowest BCUT2D eigenvalue weighted by atomic mass is 9.98. The number of aromatic amines is 1. The second-order valence-corrected chi connectivity index (χ2v) is 7.53. The van der Waals surface area contributed by atoms with Crippen LogP contribution in [0.3, 0.4) is 0 Å². The molecule has 2 aliphatic heterocycles. The second kappa shape index (κ2) is 7.17. The molecule has 2 aromatic rings. The van der Waals surface area contributed by atoms with Gasteiger partial charge in [0.1, 0.15) is 5.56 Å². The number of likely N-dealkylation sites (tertiary alicyclic amines) is 2. The minimum absolute atomic E-state index is 0.0603. The lowest BCUT2D eigenvalue weighted by Crippen LogP contribution is -2.47. The highest BCUT2D eigenvalue weighted by atomic mass is 16.2. The number of nitrogens with zero attached hydrogens (tertiary/aromatic N) is 4. The molecule has 0 radical (unpaired) electrons. The summed E-state index contributed by atoms with van der Waals surface area (Å²) in [6.07, 6.45) is 6.61. The van der Waals surface area contributed by atoms with Gasteiger partial charge >= 0.3 is 0 Å². The van der Waals surface area contributed by atoms with Gasteiger partial charge in [-0.1, -0.05) is 0 Å². The summed E-state index contributed by atoms with van der Waals surface area (Å²) in [7, 11) is 0. The Balaban J connectivity index is 1.54. The second-order valence-electron chi connectivity index (χ2n) is 7.53. The predicted molar refractivity (Wildman–Crippen MR) is 99.7 cm³/mol. The van der Waals surface area contributed by atoms with Crippen LogP contribution in [0.5, 0.6) is 0 Å². The highest BCUT2D eigenvalue weighted by Crippen LogP contribution is 2.22. The maximum absolute atomic E-state index is 13.1. The van der Waals surface area contributed by atoms with E-state index in [9.17, 15) is 14.4 Å². The zero-order valence-corrected chi connectivity index (χ0v) is 15.6. The molecule has 0 aliphatic carbocycles. The van der Waals surface area contributed by atoms with Crippen molar-refractivity contribution in [2.75, 3.05) is 19.6 Å². The zero-order chi connectivity index (χ0) is 19.0. The van der Waals surface area contributed by atoms with E-state index < -0.39 is 0 Å². The van der Waals surface area contributed by atoms with Crippen LogP contribution < -0.4 is 5.56 Å². The fourth-order valence-electron chi connectivity index (χ4n) is 4.20. The molecule has 1 atom stereocenters. The third-order valence-electron chi connectivity index (χ3n) is 5.64. The van der Waals surface area contributed by atoms with E-state index in [1.54, 1.807) is 6.07 Å². The number of rotatable bonds is 4. The van der Waals surface area contributed by atoms with Crippen LogP contribution in [0.25, 0.3) is 5.65 Å². The summed E-state index contributed by atoms with van der Waals surface area (Å²) in [5, 5.41) is 2.93. The number of aromatic nitrogens is 3. The number of piperidine rings is 1. The van der Waals surface area contributed by atoms with Gasteiger partial charge in [-0.15, -0.1) is 0 Å². The fraction of sp³-hybridized carbons (Fsp3) is 0.579. The van der Waals surface area contributed by atoms with Crippen LogP contribution in [-0.4, -0.2) is 61.9 Å². The van der Waals surface area contributed by atoms with Crippen molar-refractivity contribution >= 4 is 17.5 Å². The molecule has 0 unspecified atom stereocenters. The van der Waals surface area contributed by atoms with E-state index in [-0.39, 0.29) is 29.0 Å². The Morgan fingerprint density at radius 1 is 1.26 bits per heavy atom. The quantitative estimate of drug-likeness (QED) is 0.878. The molecule has 2 fully saturated rings. The topological polar surface area (TPSA) is 90.8 Å². The van der Waals surface area contributed by atoms with E-state index in [2.05, 4.69) is 10.1 Å². The van der Waals surface area contributed by atoms with Crippen molar-refractivity contribution in [2.24, 2.45) is 0 Å². The third kappa shape index (κ3) is 3.36. The van der Waals surface area contributed by atoms with Gasteiger partial charge in [0.2, 0.25) is 5.91 Å². The standard InChI is InChI=1S/C19H25N5O3/c1-13-11-16-20-12-15(19(27)24(16)21-13)18(26)23-9-3-2-5-14(23)7-10-22-8-4-6-17(22)25/h11-12,14,21H,2-10H2,1H3/t14-/m1/s1. The molecule has 4 heterocycles. The Morgan fingerprint density at radius 3 is 2.89 bits per heavy atom. The van der Waals surface area contributed by atoms with Crippen LogP contribution in [0, 0.1) is 6.92 Å². The molecule has 4 rings (SSSR count). The molecule has 144 valence electrons. The van der Waals surface area contributed by atoms with Crippen LogP contribution in [0.2, 0.25) is 0 Å². The van der Waals surface area contributed by atoms with Crippen LogP contribution in [-0.2, 0) is 4.79 Å². The minimum Gasteiger partial charge on any atom is -0.343 e. The number of hydrogen-bond donors (Lipinski definition) is 1. The van der Waals surface area contributed by atoms with E-state index in [0.29, 0.717) is 25.2 Å². The van der Waals surface area contributed by atoms with E-state index in [1.165, 1.54) is 10.7 Å². The Bertz CT molecular complexity index is 931. The summed E-state index contributed by atoms with van der Waals surface area (Å²) >= 11 is 0. The number of nitrogens with one attached hydrogen (secondary N) is 1. The molecule has 2 amide bonds. The van der Waals surface area contributed by atoms with E-state index in [4.69, 9.17) is 0 Å². The summed E-state index contributed by atoms with van der Waals surface area (Å²) in [6, 6.07) is 1.83. The van der Waals surface area contributed by atoms with Gasteiger partial charge in [0.15, 0.2) is 5.65 Å². The number of H-pyrrole nitrogens is 1. The molecule has 0 aromatic carbocycles. The maximum atomic E-state index is 13.1. The zero-order valence-electron chi connectivity index (χ0n) is 15.6. The van der Waals surface area contributed by atoms with Gasteiger partial charge in [0.05, 0.1) is 0 Å². The van der Waals surface area contributed by atoms with Crippen LogP contribution in [0.1, 0.15) is 54.6 Å². The summed E-state index contributed by atoms with van der Waals surface area (Å²) in [5.41, 5.74) is 1.06. The smallest absolute Gasteiger partial charge is 0.285 e. The Morgan fingerprint density at radius 2 is 2.11 bits per heavy atom. The molecule has 0 saturated carbocycles. The largest absolute Gasteiger partial charge is 0.343 e. The van der Waals surface area contributed by atoms with Crippen molar-refractivity contribution in [3.63, 3.8) is 0 Å². The SMILES string of the molecule is Cc1cc2ncc(C(=O)N3CCCC[C@@H]3CCN3CCCC3=O)c(=O)n2[nH]1. The normalized spacial score (nSPS) is 20.6.